The zero-order valence-corrected chi connectivity index (χ0v) is 13.6. The predicted molar refractivity (Wildman–Crippen MR) is 86.4 cm³/mol. The smallest absolute Gasteiger partial charge is 0.340 e. The molecule has 0 aliphatic rings. The van der Waals surface area contributed by atoms with Crippen LogP contribution in [0.3, 0.4) is 0 Å². The van der Waals surface area contributed by atoms with Gasteiger partial charge in [-0.15, -0.1) is 0 Å². The minimum absolute atomic E-state index is 0.00869. The average molecular weight is 357 g/mol. The highest BCUT2D eigenvalue weighted by atomic mass is 35.5. The van der Waals surface area contributed by atoms with Crippen LogP contribution in [0.1, 0.15) is 29.1 Å². The maximum atomic E-state index is 12.0. The number of amides is 1. The fourth-order valence-electron chi connectivity index (χ4n) is 1.85. The van der Waals surface area contributed by atoms with Gasteiger partial charge in [0, 0.05) is 5.02 Å². The van der Waals surface area contributed by atoms with E-state index in [1.54, 1.807) is 19.1 Å². The normalized spacial score (nSPS) is 11.8. The molecule has 0 radical (unpaired) electrons. The Morgan fingerprint density at radius 2 is 2.13 bits per heavy atom. The molecule has 1 heterocycles. The molecule has 1 aromatic carbocycles. The Hall–Kier alpha value is -2.18. The SMILES string of the molecule is C[C@H](NC(=O)COC(=O)c1cc(Cl)cc(Cl)c1N)c1ccco1. The summed E-state index contributed by atoms with van der Waals surface area (Å²) in [6, 6.07) is 5.83. The lowest BCUT2D eigenvalue weighted by Crippen LogP contribution is -2.31. The molecular weight excluding hydrogens is 343 g/mol. The van der Waals surface area contributed by atoms with E-state index < -0.39 is 18.5 Å². The number of rotatable bonds is 5. The Bertz CT molecular complexity index is 717. The van der Waals surface area contributed by atoms with Crippen molar-refractivity contribution in [2.24, 2.45) is 0 Å². The molecule has 0 aliphatic carbocycles. The van der Waals surface area contributed by atoms with E-state index in [1.807, 2.05) is 0 Å². The highest BCUT2D eigenvalue weighted by Crippen LogP contribution is 2.28. The quantitative estimate of drug-likeness (QED) is 0.633. The number of halogens is 2. The first-order valence-corrected chi connectivity index (χ1v) is 7.38. The number of nitrogen functional groups attached to an aromatic ring is 1. The summed E-state index contributed by atoms with van der Waals surface area (Å²) in [5.74, 6) is -0.669. The summed E-state index contributed by atoms with van der Waals surface area (Å²) in [5, 5.41) is 3.02. The van der Waals surface area contributed by atoms with Crippen molar-refractivity contribution >= 4 is 40.8 Å². The van der Waals surface area contributed by atoms with Gasteiger partial charge in [0.1, 0.15) is 5.76 Å². The number of benzene rings is 1. The maximum absolute atomic E-state index is 12.0. The number of hydrogen-bond acceptors (Lipinski definition) is 5. The van der Waals surface area contributed by atoms with E-state index in [0.29, 0.717) is 5.76 Å². The molecule has 2 aromatic rings. The molecule has 1 amide bonds. The van der Waals surface area contributed by atoms with Gasteiger partial charge in [-0.25, -0.2) is 4.79 Å². The summed E-state index contributed by atoms with van der Waals surface area (Å²) in [7, 11) is 0. The topological polar surface area (TPSA) is 94.6 Å². The molecular formula is C15H14Cl2N2O4. The largest absolute Gasteiger partial charge is 0.467 e. The van der Waals surface area contributed by atoms with Crippen LogP contribution in [-0.4, -0.2) is 18.5 Å². The van der Waals surface area contributed by atoms with Gasteiger partial charge >= 0.3 is 5.97 Å². The molecule has 23 heavy (non-hydrogen) atoms. The van der Waals surface area contributed by atoms with Crippen molar-refractivity contribution in [3.8, 4) is 0 Å². The van der Waals surface area contributed by atoms with Gasteiger partial charge in [-0.1, -0.05) is 23.2 Å². The number of ether oxygens (including phenoxy) is 1. The standard InChI is InChI=1S/C15H14Cl2N2O4/c1-8(12-3-2-4-22-12)19-13(20)7-23-15(21)10-5-9(16)6-11(17)14(10)18/h2-6,8H,7,18H2,1H3,(H,19,20)/t8-/m0/s1. The molecule has 1 atom stereocenters. The van der Waals surface area contributed by atoms with Crippen LogP contribution >= 0.6 is 23.2 Å². The second-order valence-electron chi connectivity index (χ2n) is 4.73. The van der Waals surface area contributed by atoms with Crippen LogP contribution in [0, 0.1) is 0 Å². The first-order chi connectivity index (χ1) is 10.9. The highest BCUT2D eigenvalue weighted by molar-refractivity contribution is 6.37. The van der Waals surface area contributed by atoms with Crippen molar-refractivity contribution in [1.29, 1.82) is 0 Å². The maximum Gasteiger partial charge on any atom is 0.340 e. The minimum Gasteiger partial charge on any atom is -0.467 e. The number of hydrogen-bond donors (Lipinski definition) is 2. The third-order valence-electron chi connectivity index (χ3n) is 3.00. The second kappa shape index (κ2) is 7.39. The summed E-state index contributed by atoms with van der Waals surface area (Å²) in [6.07, 6.45) is 1.50. The lowest BCUT2D eigenvalue weighted by molar-refractivity contribution is -0.125. The van der Waals surface area contributed by atoms with E-state index in [0.717, 1.165) is 0 Å². The summed E-state index contributed by atoms with van der Waals surface area (Å²) in [5.41, 5.74) is 5.75. The number of furan rings is 1. The first kappa shape index (κ1) is 17.2. The van der Waals surface area contributed by atoms with Gasteiger partial charge in [-0.05, 0) is 31.2 Å². The van der Waals surface area contributed by atoms with E-state index in [4.69, 9.17) is 38.1 Å². The molecule has 2 rings (SSSR count). The predicted octanol–water partition coefficient (Wildman–Crippen LogP) is 3.20. The average Bonchev–Trinajstić information content (AvgIpc) is 3.02. The fourth-order valence-corrected chi connectivity index (χ4v) is 2.35. The van der Waals surface area contributed by atoms with Gasteiger partial charge in [0.05, 0.1) is 28.6 Å². The number of carbonyl (C=O) groups is 2. The van der Waals surface area contributed by atoms with Crippen LogP contribution in [-0.2, 0) is 9.53 Å². The lowest BCUT2D eigenvalue weighted by atomic mass is 10.2. The van der Waals surface area contributed by atoms with Gasteiger partial charge in [0.2, 0.25) is 0 Å². The van der Waals surface area contributed by atoms with Crippen LogP contribution in [0.15, 0.2) is 34.9 Å². The van der Waals surface area contributed by atoms with Gasteiger partial charge in [-0.2, -0.15) is 0 Å². The van der Waals surface area contributed by atoms with Crippen LogP contribution in [0.2, 0.25) is 10.0 Å². The van der Waals surface area contributed by atoms with Crippen molar-refractivity contribution in [2.75, 3.05) is 12.3 Å². The molecule has 8 heteroatoms. The summed E-state index contributed by atoms with van der Waals surface area (Å²) >= 11 is 11.7. The van der Waals surface area contributed by atoms with E-state index in [2.05, 4.69) is 5.32 Å². The Kier molecular flexibility index (Phi) is 5.52. The molecule has 6 nitrogen and oxygen atoms in total. The number of carbonyl (C=O) groups excluding carboxylic acids is 2. The van der Waals surface area contributed by atoms with Gasteiger partial charge in [0.25, 0.3) is 5.91 Å². The number of nitrogens with two attached hydrogens (primary N) is 1. The Morgan fingerprint density at radius 3 is 2.78 bits per heavy atom. The molecule has 0 bridgehead atoms. The van der Waals surface area contributed by atoms with Gasteiger partial charge in [0.15, 0.2) is 6.61 Å². The Balaban J connectivity index is 1.93. The van der Waals surface area contributed by atoms with Gasteiger partial charge < -0.3 is 20.2 Å². The van der Waals surface area contributed by atoms with Crippen LogP contribution in [0.4, 0.5) is 5.69 Å². The number of nitrogens with one attached hydrogen (secondary N) is 1. The zero-order valence-electron chi connectivity index (χ0n) is 12.1. The molecule has 0 saturated carbocycles. The Morgan fingerprint density at radius 1 is 1.39 bits per heavy atom. The fraction of sp³-hybridized carbons (Fsp3) is 0.200. The molecule has 122 valence electrons. The molecule has 0 fully saturated rings. The monoisotopic (exact) mass is 356 g/mol. The van der Waals surface area contributed by atoms with Crippen molar-refractivity contribution in [3.63, 3.8) is 0 Å². The van der Waals surface area contributed by atoms with Crippen molar-refractivity contribution in [3.05, 3.63) is 51.9 Å². The zero-order chi connectivity index (χ0) is 17.0. The molecule has 0 spiro atoms. The van der Waals surface area contributed by atoms with E-state index >= 15 is 0 Å². The number of anilines is 1. The van der Waals surface area contributed by atoms with Crippen LogP contribution < -0.4 is 11.1 Å². The van der Waals surface area contributed by atoms with E-state index in [-0.39, 0.29) is 27.3 Å². The molecule has 0 saturated heterocycles. The van der Waals surface area contributed by atoms with Crippen molar-refractivity contribution in [1.82, 2.24) is 5.32 Å². The summed E-state index contributed by atoms with van der Waals surface area (Å²) in [4.78, 5) is 23.8. The minimum atomic E-state index is -0.785. The van der Waals surface area contributed by atoms with Crippen molar-refractivity contribution < 1.29 is 18.7 Å². The summed E-state index contributed by atoms with van der Waals surface area (Å²) < 4.78 is 10.1. The lowest BCUT2D eigenvalue weighted by Gasteiger charge is -2.12. The number of esters is 1. The molecule has 3 N–H and O–H groups in total. The molecule has 0 unspecified atom stereocenters. The summed E-state index contributed by atoms with van der Waals surface area (Å²) in [6.45, 7) is 1.28. The van der Waals surface area contributed by atoms with Crippen LogP contribution in [0.25, 0.3) is 0 Å². The molecule has 1 aromatic heterocycles. The van der Waals surface area contributed by atoms with Crippen molar-refractivity contribution in [2.45, 2.75) is 13.0 Å². The third-order valence-corrected chi connectivity index (χ3v) is 3.53. The Labute approximate surface area is 142 Å². The van der Waals surface area contributed by atoms with Gasteiger partial charge in [-0.3, -0.25) is 4.79 Å². The van der Waals surface area contributed by atoms with Crippen LogP contribution in [0.5, 0.6) is 0 Å². The highest BCUT2D eigenvalue weighted by Gasteiger charge is 2.18. The first-order valence-electron chi connectivity index (χ1n) is 6.63. The third kappa shape index (κ3) is 4.40. The van der Waals surface area contributed by atoms with E-state index in [9.17, 15) is 9.59 Å². The molecule has 0 aliphatic heterocycles. The second-order valence-corrected chi connectivity index (χ2v) is 5.57. The van der Waals surface area contributed by atoms with E-state index in [1.165, 1.54) is 18.4 Å².